The van der Waals surface area contributed by atoms with Crippen molar-refractivity contribution in [3.05, 3.63) is 30.1 Å². The summed E-state index contributed by atoms with van der Waals surface area (Å²) in [5.41, 5.74) is 0.992. The lowest BCUT2D eigenvalue weighted by molar-refractivity contribution is -0.128. The first-order chi connectivity index (χ1) is 12.2. The van der Waals surface area contributed by atoms with Gasteiger partial charge in [-0.25, -0.2) is 4.99 Å². The first-order valence-electron chi connectivity index (χ1n) is 8.82. The lowest BCUT2D eigenvalue weighted by atomic mass is 10.2. The summed E-state index contributed by atoms with van der Waals surface area (Å²) in [5.74, 6) is 1.89. The Morgan fingerprint density at radius 2 is 2.12 bits per heavy atom. The van der Waals surface area contributed by atoms with Crippen molar-refractivity contribution in [2.24, 2.45) is 4.99 Å². The molecule has 0 aliphatic carbocycles. The molecule has 0 saturated carbocycles. The highest BCUT2D eigenvalue weighted by molar-refractivity contribution is 14.0. The number of guanidine groups is 1. The van der Waals surface area contributed by atoms with Gasteiger partial charge in [0.05, 0.1) is 0 Å². The number of hydrogen-bond donors (Lipinski definition) is 2. The summed E-state index contributed by atoms with van der Waals surface area (Å²) in [4.78, 5) is 22.6. The topological polar surface area (TPSA) is 69.6 Å². The second-order valence-electron chi connectivity index (χ2n) is 5.71. The maximum Gasteiger partial charge on any atom is 0.244 e. The Kier molecular flexibility index (Phi) is 15.5. The minimum absolute atomic E-state index is 0. The molecule has 0 bridgehead atoms. The molecule has 0 aromatic carbocycles. The Hall–Kier alpha value is -1.03. The fraction of sp³-hybridized carbons (Fsp3) is 0.611. The van der Waals surface area contributed by atoms with E-state index in [0.29, 0.717) is 12.5 Å². The molecule has 0 atom stereocenters. The number of hydrogen-bond acceptors (Lipinski definition) is 4. The average molecular weight is 493 g/mol. The second kappa shape index (κ2) is 16.2. The van der Waals surface area contributed by atoms with Gasteiger partial charge in [-0.2, -0.15) is 11.8 Å². The Morgan fingerprint density at radius 1 is 1.31 bits per heavy atom. The lowest BCUT2D eigenvalue weighted by Gasteiger charge is -2.16. The zero-order chi connectivity index (χ0) is 18.3. The van der Waals surface area contributed by atoms with Crippen LogP contribution in [-0.4, -0.2) is 67.0 Å². The van der Waals surface area contributed by atoms with Crippen molar-refractivity contribution in [2.45, 2.75) is 26.2 Å². The molecule has 1 aromatic heterocycles. The van der Waals surface area contributed by atoms with E-state index in [4.69, 9.17) is 0 Å². The number of halogens is 1. The van der Waals surface area contributed by atoms with Gasteiger partial charge >= 0.3 is 0 Å². The van der Waals surface area contributed by atoms with Crippen LogP contribution in [-0.2, 0) is 11.2 Å². The van der Waals surface area contributed by atoms with Gasteiger partial charge in [0.2, 0.25) is 5.91 Å². The fourth-order valence-corrected chi connectivity index (χ4v) is 2.63. The number of nitrogens with zero attached hydrogens (tertiary/aromatic N) is 3. The van der Waals surface area contributed by atoms with Gasteiger partial charge in [-0.3, -0.25) is 9.78 Å². The van der Waals surface area contributed by atoms with Crippen molar-refractivity contribution in [1.82, 2.24) is 20.5 Å². The van der Waals surface area contributed by atoms with E-state index < -0.39 is 0 Å². The predicted octanol–water partition coefficient (Wildman–Crippen LogP) is 2.40. The summed E-state index contributed by atoms with van der Waals surface area (Å²) in [5, 5.41) is 6.46. The van der Waals surface area contributed by atoms with Crippen LogP contribution in [0.25, 0.3) is 0 Å². The molecule has 6 nitrogen and oxygen atoms in total. The van der Waals surface area contributed by atoms with Crippen LogP contribution in [0.3, 0.4) is 0 Å². The number of rotatable bonds is 11. The lowest BCUT2D eigenvalue weighted by Crippen LogP contribution is -2.39. The minimum Gasteiger partial charge on any atom is -0.357 e. The van der Waals surface area contributed by atoms with Crippen LogP contribution in [0.4, 0.5) is 0 Å². The fourth-order valence-electron chi connectivity index (χ4n) is 2.14. The van der Waals surface area contributed by atoms with Gasteiger partial charge in [0.1, 0.15) is 6.54 Å². The van der Waals surface area contributed by atoms with Gasteiger partial charge in [-0.1, -0.05) is 6.07 Å². The number of likely N-dealkylation sites (N-methyl/N-ethyl adjacent to an activating group) is 1. The zero-order valence-electron chi connectivity index (χ0n) is 16.0. The molecule has 8 heteroatoms. The third-order valence-corrected chi connectivity index (χ3v) is 4.34. The van der Waals surface area contributed by atoms with Gasteiger partial charge in [0.15, 0.2) is 5.96 Å². The smallest absolute Gasteiger partial charge is 0.244 e. The number of unbranched alkanes of at least 4 members (excludes halogenated alkanes) is 1. The highest BCUT2D eigenvalue weighted by atomic mass is 127. The summed E-state index contributed by atoms with van der Waals surface area (Å²) in [6.45, 7) is 4.46. The van der Waals surface area contributed by atoms with E-state index in [1.165, 1.54) is 12.2 Å². The molecule has 2 N–H and O–H groups in total. The summed E-state index contributed by atoms with van der Waals surface area (Å²) < 4.78 is 0. The van der Waals surface area contributed by atoms with Gasteiger partial charge in [-0.05, 0) is 43.9 Å². The number of carbonyl (C=O) groups is 1. The largest absolute Gasteiger partial charge is 0.357 e. The molecule has 1 rings (SSSR count). The molecule has 1 heterocycles. The van der Waals surface area contributed by atoms with E-state index in [0.717, 1.165) is 31.6 Å². The van der Waals surface area contributed by atoms with Crippen molar-refractivity contribution in [2.75, 3.05) is 45.2 Å². The third kappa shape index (κ3) is 11.6. The van der Waals surface area contributed by atoms with Crippen molar-refractivity contribution < 1.29 is 4.79 Å². The van der Waals surface area contributed by atoms with Crippen LogP contribution in [0.5, 0.6) is 0 Å². The molecule has 0 unspecified atom stereocenters. The minimum atomic E-state index is 0. The van der Waals surface area contributed by atoms with E-state index in [1.807, 2.05) is 43.9 Å². The summed E-state index contributed by atoms with van der Waals surface area (Å²) in [6, 6.07) is 5.83. The van der Waals surface area contributed by atoms with Crippen LogP contribution in [0, 0.1) is 0 Å². The van der Waals surface area contributed by atoms with Crippen LogP contribution in [0.2, 0.25) is 0 Å². The molecule has 0 aliphatic rings. The van der Waals surface area contributed by atoms with E-state index in [9.17, 15) is 4.79 Å². The van der Waals surface area contributed by atoms with Gasteiger partial charge < -0.3 is 15.5 Å². The Morgan fingerprint density at radius 3 is 2.77 bits per heavy atom. The molecule has 0 spiro atoms. The van der Waals surface area contributed by atoms with E-state index >= 15 is 0 Å². The zero-order valence-corrected chi connectivity index (χ0v) is 19.2. The predicted molar refractivity (Wildman–Crippen MR) is 123 cm³/mol. The Bertz CT molecular complexity index is 516. The summed E-state index contributed by atoms with van der Waals surface area (Å²) >= 11 is 1.86. The average Bonchev–Trinajstić information content (AvgIpc) is 2.64. The van der Waals surface area contributed by atoms with Gasteiger partial charge in [0, 0.05) is 45.0 Å². The van der Waals surface area contributed by atoms with Crippen LogP contribution >= 0.6 is 35.7 Å². The summed E-state index contributed by atoms with van der Waals surface area (Å²) in [6.07, 6.45) is 6.93. The number of aliphatic imine (C=N–C) groups is 1. The quantitative estimate of drug-likeness (QED) is 0.215. The molecule has 0 saturated heterocycles. The molecule has 148 valence electrons. The third-order valence-electron chi connectivity index (χ3n) is 3.64. The van der Waals surface area contributed by atoms with Gasteiger partial charge in [-0.15, -0.1) is 24.0 Å². The number of pyridine rings is 1. The summed E-state index contributed by atoms with van der Waals surface area (Å²) in [7, 11) is 1.81. The molecule has 0 fully saturated rings. The second-order valence-corrected chi connectivity index (χ2v) is 6.69. The Balaban J connectivity index is 0.00000625. The van der Waals surface area contributed by atoms with E-state index in [-0.39, 0.29) is 36.4 Å². The molecule has 26 heavy (non-hydrogen) atoms. The SMILES string of the molecule is CCNC(=NCC(=O)N(C)CCc1ccccn1)NCCCCSC.I. The number of aromatic nitrogens is 1. The molecule has 1 aromatic rings. The highest BCUT2D eigenvalue weighted by Gasteiger charge is 2.09. The van der Waals surface area contributed by atoms with Crippen molar-refractivity contribution in [3.8, 4) is 0 Å². The molecule has 0 aliphatic heterocycles. The molecular formula is C18H32IN5OS. The van der Waals surface area contributed by atoms with Crippen molar-refractivity contribution >= 4 is 47.6 Å². The normalized spacial score (nSPS) is 10.8. The van der Waals surface area contributed by atoms with Crippen LogP contribution in [0.1, 0.15) is 25.5 Å². The number of nitrogens with one attached hydrogen (secondary N) is 2. The molecular weight excluding hydrogens is 461 g/mol. The van der Waals surface area contributed by atoms with E-state index in [1.54, 1.807) is 11.1 Å². The monoisotopic (exact) mass is 493 g/mol. The number of carbonyl (C=O) groups excluding carboxylic acids is 1. The maximum absolute atomic E-state index is 12.2. The maximum atomic E-state index is 12.2. The first-order valence-corrected chi connectivity index (χ1v) is 10.2. The van der Waals surface area contributed by atoms with Gasteiger partial charge in [0.25, 0.3) is 0 Å². The van der Waals surface area contributed by atoms with Crippen LogP contribution in [0.15, 0.2) is 29.4 Å². The molecule has 0 radical (unpaired) electrons. The van der Waals surface area contributed by atoms with E-state index in [2.05, 4.69) is 26.9 Å². The van der Waals surface area contributed by atoms with Crippen molar-refractivity contribution in [3.63, 3.8) is 0 Å². The van der Waals surface area contributed by atoms with Crippen molar-refractivity contribution in [1.29, 1.82) is 0 Å². The molecule has 1 amide bonds. The number of thioether (sulfide) groups is 1. The van der Waals surface area contributed by atoms with Crippen LogP contribution < -0.4 is 10.6 Å². The number of amides is 1. The highest BCUT2D eigenvalue weighted by Crippen LogP contribution is 1.98. The Labute approximate surface area is 179 Å². The first kappa shape index (κ1) is 25.0. The standard InChI is InChI=1S/C18H31N5OS.HI/c1-4-19-18(21-12-7-8-14-25-3)22-15-17(24)23(2)13-10-16-9-5-6-11-20-16;/h5-6,9,11H,4,7-8,10,12-15H2,1-3H3,(H2,19,21,22);1H.